The molecule has 2 heterocycles. The number of allylic oxidation sites excluding steroid dienone is 1. The highest BCUT2D eigenvalue weighted by molar-refractivity contribution is 8.05. The van der Waals surface area contributed by atoms with Crippen LogP contribution in [0.1, 0.15) is 17.0 Å². The second-order valence-corrected chi connectivity index (χ2v) is 8.49. The minimum Gasteiger partial charge on any atom is -0.318 e. The van der Waals surface area contributed by atoms with Crippen molar-refractivity contribution in [3.05, 3.63) is 82.5 Å². The number of nitrogens with zero attached hydrogens (tertiary/aromatic N) is 3. The zero-order chi connectivity index (χ0) is 18.8. The van der Waals surface area contributed by atoms with Crippen molar-refractivity contribution in [3.63, 3.8) is 0 Å². The van der Waals surface area contributed by atoms with Crippen molar-refractivity contribution in [3.8, 4) is 11.8 Å². The number of nitriles is 1. The van der Waals surface area contributed by atoms with Crippen molar-refractivity contribution in [1.82, 2.24) is 9.55 Å². The van der Waals surface area contributed by atoms with Crippen molar-refractivity contribution >= 4 is 39.4 Å². The third-order valence-corrected chi connectivity index (χ3v) is 6.38. The summed E-state index contributed by atoms with van der Waals surface area (Å²) in [6.07, 6.45) is 1.96. The molecule has 0 aliphatic rings. The van der Waals surface area contributed by atoms with Crippen LogP contribution in [-0.4, -0.2) is 9.55 Å². The third kappa shape index (κ3) is 3.55. The Kier molecular flexibility index (Phi) is 4.85. The van der Waals surface area contributed by atoms with Crippen molar-refractivity contribution in [2.45, 2.75) is 18.2 Å². The molecule has 2 aromatic heterocycles. The fraction of sp³-hybridized carbons (Fsp3) is 0.0909. The van der Waals surface area contributed by atoms with E-state index in [9.17, 15) is 5.26 Å². The Morgan fingerprint density at radius 2 is 1.85 bits per heavy atom. The molecule has 0 saturated carbocycles. The van der Waals surface area contributed by atoms with Crippen LogP contribution in [0.5, 0.6) is 0 Å². The van der Waals surface area contributed by atoms with Gasteiger partial charge < -0.3 is 4.57 Å². The summed E-state index contributed by atoms with van der Waals surface area (Å²) >= 11 is 3.04. The zero-order valence-electron chi connectivity index (χ0n) is 15.0. The maximum atomic E-state index is 9.64. The van der Waals surface area contributed by atoms with Crippen LogP contribution in [-0.2, 0) is 0 Å². The molecule has 0 unspecified atom stereocenters. The monoisotopic (exact) mass is 387 g/mol. The van der Waals surface area contributed by atoms with E-state index in [1.165, 1.54) is 11.8 Å². The number of rotatable bonds is 4. The molecule has 0 aliphatic heterocycles. The second-order valence-electron chi connectivity index (χ2n) is 6.17. The molecule has 27 heavy (non-hydrogen) atoms. The number of fused-ring (bicyclic) bond motifs is 1. The van der Waals surface area contributed by atoms with Crippen molar-refractivity contribution in [2.75, 3.05) is 0 Å². The van der Waals surface area contributed by atoms with Gasteiger partial charge in [-0.05, 0) is 67.6 Å². The molecule has 132 valence electrons. The lowest BCUT2D eigenvalue weighted by atomic mass is 10.2. The zero-order valence-corrected chi connectivity index (χ0v) is 16.6. The molecule has 2 aromatic carbocycles. The van der Waals surface area contributed by atoms with Gasteiger partial charge in [-0.25, -0.2) is 4.98 Å². The molecule has 3 nitrogen and oxygen atoms in total. The third-order valence-electron chi connectivity index (χ3n) is 4.35. The second kappa shape index (κ2) is 7.43. The fourth-order valence-electron chi connectivity index (χ4n) is 3.12. The first-order chi connectivity index (χ1) is 13.2. The predicted molar refractivity (Wildman–Crippen MR) is 114 cm³/mol. The largest absolute Gasteiger partial charge is 0.318 e. The van der Waals surface area contributed by atoms with Gasteiger partial charge in [0, 0.05) is 17.1 Å². The topological polar surface area (TPSA) is 41.6 Å². The molecule has 0 spiro atoms. The van der Waals surface area contributed by atoms with Crippen LogP contribution in [0.3, 0.4) is 0 Å². The molecule has 0 radical (unpaired) electrons. The van der Waals surface area contributed by atoms with E-state index in [2.05, 4.69) is 53.7 Å². The molecule has 4 rings (SSSR count). The molecule has 4 aromatic rings. The quantitative estimate of drug-likeness (QED) is 0.302. The summed E-state index contributed by atoms with van der Waals surface area (Å²) in [6.45, 7) is 4.17. The summed E-state index contributed by atoms with van der Waals surface area (Å²) in [4.78, 5) is 5.26. The van der Waals surface area contributed by atoms with E-state index in [0.29, 0.717) is 4.91 Å². The Morgan fingerprint density at radius 1 is 1.11 bits per heavy atom. The van der Waals surface area contributed by atoms with Gasteiger partial charge in [-0.2, -0.15) is 5.26 Å². The van der Waals surface area contributed by atoms with E-state index in [0.717, 1.165) is 37.2 Å². The first-order valence-corrected chi connectivity index (χ1v) is 10.2. The van der Waals surface area contributed by atoms with Gasteiger partial charge in [0.1, 0.15) is 6.07 Å². The minimum atomic E-state index is 0.641. The van der Waals surface area contributed by atoms with Gasteiger partial charge in [-0.3, -0.25) is 0 Å². The first-order valence-electron chi connectivity index (χ1n) is 8.55. The molecule has 5 heteroatoms. The van der Waals surface area contributed by atoms with Crippen LogP contribution in [0.2, 0.25) is 0 Å². The smallest absolute Gasteiger partial charge is 0.156 e. The molecular weight excluding hydrogens is 370 g/mol. The highest BCUT2D eigenvalue weighted by Gasteiger charge is 2.12. The van der Waals surface area contributed by atoms with E-state index in [1.807, 2.05) is 42.5 Å². The lowest BCUT2D eigenvalue weighted by molar-refractivity contribution is 0.964. The summed E-state index contributed by atoms with van der Waals surface area (Å²) in [5, 5.41) is 9.64. The predicted octanol–water partition coefficient (Wildman–Crippen LogP) is 6.36. The number of hydrogen-bond donors (Lipinski definition) is 0. The van der Waals surface area contributed by atoms with E-state index >= 15 is 0 Å². The van der Waals surface area contributed by atoms with Gasteiger partial charge in [0.05, 0.1) is 15.1 Å². The molecule has 0 bridgehead atoms. The van der Waals surface area contributed by atoms with Crippen molar-refractivity contribution in [1.29, 1.82) is 5.26 Å². The van der Waals surface area contributed by atoms with E-state index in [-0.39, 0.29) is 0 Å². The van der Waals surface area contributed by atoms with Crippen molar-refractivity contribution in [2.24, 2.45) is 0 Å². The van der Waals surface area contributed by atoms with Gasteiger partial charge in [0.25, 0.3) is 0 Å². The number of thiazole rings is 1. The summed E-state index contributed by atoms with van der Waals surface area (Å²) < 4.78 is 4.24. The average Bonchev–Trinajstić information content (AvgIpc) is 3.21. The molecule has 0 fully saturated rings. The lowest BCUT2D eigenvalue weighted by Crippen LogP contribution is -1.98. The normalized spacial score (nSPS) is 11.7. The van der Waals surface area contributed by atoms with Gasteiger partial charge in [0.2, 0.25) is 0 Å². The van der Waals surface area contributed by atoms with Crippen LogP contribution < -0.4 is 0 Å². The highest BCUT2D eigenvalue weighted by atomic mass is 32.2. The van der Waals surface area contributed by atoms with E-state index in [1.54, 1.807) is 11.3 Å². The Bertz CT molecular complexity index is 1140. The number of para-hydroxylation sites is 2. The van der Waals surface area contributed by atoms with Crippen LogP contribution in [0, 0.1) is 25.2 Å². The van der Waals surface area contributed by atoms with Crippen molar-refractivity contribution < 1.29 is 0 Å². The highest BCUT2D eigenvalue weighted by Crippen LogP contribution is 2.35. The number of hydrogen-bond acceptors (Lipinski definition) is 4. The molecule has 0 saturated heterocycles. The number of aryl methyl sites for hydroxylation is 1. The molecule has 0 aliphatic carbocycles. The Hall–Kier alpha value is -2.81. The Morgan fingerprint density at radius 3 is 2.59 bits per heavy atom. The maximum absolute atomic E-state index is 9.64. The van der Waals surface area contributed by atoms with Gasteiger partial charge in [-0.15, -0.1) is 11.3 Å². The standard InChI is InChI=1S/C22H17N3S2/c1-15-12-17(16(2)25(15)18-8-4-3-5-9-18)13-19(14-23)26-22-24-20-10-6-7-11-21(20)27-22/h3-13H,1-2H3. The van der Waals surface area contributed by atoms with E-state index < -0.39 is 0 Å². The van der Waals surface area contributed by atoms with E-state index in [4.69, 9.17) is 0 Å². The first kappa shape index (κ1) is 17.6. The molecule has 0 N–H and O–H groups in total. The summed E-state index contributed by atoms with van der Waals surface area (Å²) in [6, 6.07) is 22.8. The SMILES string of the molecule is Cc1cc(C=C(C#N)Sc2nc3ccccc3s2)c(C)n1-c1ccccc1. The summed E-state index contributed by atoms with van der Waals surface area (Å²) in [7, 11) is 0. The van der Waals surface area contributed by atoms with Crippen LogP contribution in [0.25, 0.3) is 22.0 Å². The van der Waals surface area contributed by atoms with Crippen LogP contribution >= 0.6 is 23.1 Å². The Labute approximate surface area is 166 Å². The number of benzene rings is 2. The Balaban J connectivity index is 1.68. The fourth-order valence-corrected chi connectivity index (χ4v) is 5.09. The number of thioether (sulfide) groups is 1. The maximum Gasteiger partial charge on any atom is 0.156 e. The minimum absolute atomic E-state index is 0.641. The summed E-state index contributed by atoms with van der Waals surface area (Å²) in [5.74, 6) is 0. The molecular formula is C22H17N3S2. The lowest BCUT2D eigenvalue weighted by Gasteiger charge is -2.09. The average molecular weight is 388 g/mol. The van der Waals surface area contributed by atoms with Crippen LogP contribution in [0.15, 0.2) is 69.9 Å². The summed E-state index contributed by atoms with van der Waals surface area (Å²) in [5.41, 5.74) is 5.43. The van der Waals surface area contributed by atoms with Gasteiger partial charge >= 0.3 is 0 Å². The van der Waals surface area contributed by atoms with Gasteiger partial charge in [0.15, 0.2) is 4.34 Å². The van der Waals surface area contributed by atoms with Crippen LogP contribution in [0.4, 0.5) is 0 Å². The number of aromatic nitrogens is 2. The molecule has 0 atom stereocenters. The molecule has 0 amide bonds. The van der Waals surface area contributed by atoms with Gasteiger partial charge in [-0.1, -0.05) is 30.3 Å².